The minimum absolute atomic E-state index is 0.0885. The van der Waals surface area contributed by atoms with Crippen molar-refractivity contribution in [1.82, 2.24) is 14.6 Å². The predicted octanol–water partition coefficient (Wildman–Crippen LogP) is -0.403. The summed E-state index contributed by atoms with van der Waals surface area (Å²) in [6.07, 6.45) is 5.90. The Labute approximate surface area is 178 Å². The lowest BCUT2D eigenvalue weighted by molar-refractivity contribution is -0.134. The minimum Gasteiger partial charge on any atom is -0.383 e. The van der Waals surface area contributed by atoms with E-state index in [2.05, 4.69) is 22.6 Å². The van der Waals surface area contributed by atoms with E-state index >= 15 is 0 Å². The molecule has 0 radical (unpaired) electrons. The molecule has 2 unspecified atom stereocenters. The van der Waals surface area contributed by atoms with E-state index in [1.54, 1.807) is 38.2 Å². The van der Waals surface area contributed by atoms with Crippen LogP contribution >= 0.6 is 0 Å². The van der Waals surface area contributed by atoms with E-state index in [1.165, 1.54) is 5.06 Å². The molecule has 4 rings (SSSR count). The number of oxime groups is 1. The fourth-order valence-electron chi connectivity index (χ4n) is 3.60. The molecule has 31 heavy (non-hydrogen) atoms. The van der Waals surface area contributed by atoms with Crippen LogP contribution in [0.4, 0.5) is 5.69 Å². The maximum atomic E-state index is 13.1. The van der Waals surface area contributed by atoms with Crippen LogP contribution < -0.4 is 27.5 Å². The zero-order chi connectivity index (χ0) is 22.1. The second kappa shape index (κ2) is 8.32. The number of aromatic nitrogens is 2. The Balaban J connectivity index is 1.62. The van der Waals surface area contributed by atoms with Gasteiger partial charge in [0.2, 0.25) is 5.91 Å². The number of carbonyl (C=O) groups excluding carboxylic acids is 2. The lowest BCUT2D eigenvalue weighted by Crippen LogP contribution is -2.36. The first-order valence-corrected chi connectivity index (χ1v) is 10.0. The van der Waals surface area contributed by atoms with Crippen molar-refractivity contribution in [3.05, 3.63) is 46.4 Å². The van der Waals surface area contributed by atoms with Crippen molar-refractivity contribution < 1.29 is 14.5 Å². The second-order valence-corrected chi connectivity index (χ2v) is 7.64. The fourth-order valence-corrected chi connectivity index (χ4v) is 3.60. The highest BCUT2D eigenvalue weighted by Gasteiger charge is 2.34. The number of amides is 1. The Morgan fingerprint density at radius 1 is 1.26 bits per heavy atom. The molecule has 1 aromatic carbocycles. The molecular formula is C21H25N7O3. The van der Waals surface area contributed by atoms with Gasteiger partial charge in [-0.25, -0.2) is 4.98 Å². The summed E-state index contributed by atoms with van der Waals surface area (Å²) in [5.41, 5.74) is 12.7. The second-order valence-electron chi connectivity index (χ2n) is 7.64. The first kappa shape index (κ1) is 20.8. The molecule has 5 N–H and O–H groups in total. The van der Waals surface area contributed by atoms with Gasteiger partial charge >= 0.3 is 0 Å². The quantitative estimate of drug-likeness (QED) is 0.537. The van der Waals surface area contributed by atoms with Crippen LogP contribution in [0.1, 0.15) is 42.0 Å². The summed E-state index contributed by atoms with van der Waals surface area (Å²) in [6.45, 7) is 1.69. The fraction of sp³-hybridized carbons (Fsp3) is 0.333. The largest absolute Gasteiger partial charge is 0.383 e. The molecule has 1 aliphatic heterocycles. The number of carbonyl (C=O) groups is 2. The Hall–Kier alpha value is -3.50. The van der Waals surface area contributed by atoms with Gasteiger partial charge in [-0.1, -0.05) is 12.2 Å². The molecule has 10 heteroatoms. The van der Waals surface area contributed by atoms with Gasteiger partial charge in [0.15, 0.2) is 17.7 Å². The van der Waals surface area contributed by atoms with E-state index in [9.17, 15) is 9.59 Å². The lowest BCUT2D eigenvalue weighted by Gasteiger charge is -2.17. The van der Waals surface area contributed by atoms with E-state index < -0.39 is 12.1 Å². The molecule has 2 aliphatic rings. The normalized spacial score (nSPS) is 18.8. The number of fused-ring (bicyclic) bond motifs is 1. The number of nitrogens with one attached hydrogen (secondary N) is 1. The van der Waals surface area contributed by atoms with E-state index in [-0.39, 0.29) is 24.1 Å². The first-order chi connectivity index (χ1) is 14.8. The molecule has 1 aliphatic carbocycles. The van der Waals surface area contributed by atoms with E-state index in [0.717, 1.165) is 23.5 Å². The lowest BCUT2D eigenvalue weighted by atomic mass is 10.1. The van der Waals surface area contributed by atoms with Gasteiger partial charge in [0.1, 0.15) is 5.82 Å². The highest BCUT2D eigenvalue weighted by atomic mass is 16.8. The molecule has 1 aromatic heterocycles. The molecule has 2 heterocycles. The van der Waals surface area contributed by atoms with Crippen LogP contribution in [-0.2, 0) is 16.3 Å². The molecule has 10 nitrogen and oxygen atoms in total. The van der Waals surface area contributed by atoms with Gasteiger partial charge in [-0.2, -0.15) is 0 Å². The van der Waals surface area contributed by atoms with Gasteiger partial charge in [-0.15, -0.1) is 5.06 Å². The maximum Gasteiger partial charge on any atom is 0.240 e. The summed E-state index contributed by atoms with van der Waals surface area (Å²) in [7, 11) is 1.72. The molecular weight excluding hydrogens is 398 g/mol. The Bertz CT molecular complexity index is 1160. The highest BCUT2D eigenvalue weighted by Crippen LogP contribution is 2.22. The van der Waals surface area contributed by atoms with E-state index in [4.69, 9.17) is 21.4 Å². The number of hydroxylamine groups is 2. The van der Waals surface area contributed by atoms with Gasteiger partial charge in [0.05, 0.1) is 23.3 Å². The minimum atomic E-state index is -0.617. The van der Waals surface area contributed by atoms with Crippen molar-refractivity contribution >= 4 is 35.4 Å². The molecule has 1 amide bonds. The number of nitrogens with two attached hydrogens (primary N) is 2. The molecule has 0 saturated carbocycles. The van der Waals surface area contributed by atoms with Crippen molar-refractivity contribution in [3.63, 3.8) is 0 Å². The van der Waals surface area contributed by atoms with Gasteiger partial charge < -0.3 is 21.4 Å². The van der Waals surface area contributed by atoms with Crippen molar-refractivity contribution in [1.29, 1.82) is 0 Å². The van der Waals surface area contributed by atoms with Crippen LogP contribution in [0, 0.1) is 0 Å². The zero-order valence-corrected chi connectivity index (χ0v) is 17.4. The van der Waals surface area contributed by atoms with Crippen molar-refractivity contribution in [2.24, 2.45) is 16.6 Å². The van der Waals surface area contributed by atoms with Crippen LogP contribution in [0.15, 0.2) is 29.4 Å². The summed E-state index contributed by atoms with van der Waals surface area (Å²) in [6, 6.07) is 5.63. The average molecular weight is 423 g/mol. The molecule has 2 atom stereocenters. The van der Waals surface area contributed by atoms with Crippen LogP contribution in [-0.4, -0.2) is 45.2 Å². The SMILES string of the molecule is CC(N)C(=O)Nc1ccc(C(=O)Cn2c(C3C(N)=NON3C)nc3c2=CCCC=3)cc1. The zero-order valence-electron chi connectivity index (χ0n) is 17.4. The van der Waals surface area contributed by atoms with Crippen LogP contribution in [0.2, 0.25) is 0 Å². The summed E-state index contributed by atoms with van der Waals surface area (Å²) >= 11 is 0. The molecule has 0 spiro atoms. The number of anilines is 1. The number of likely N-dealkylation sites (N-methyl/N-ethyl adjacent to an activating group) is 1. The number of amidine groups is 1. The van der Waals surface area contributed by atoms with Gasteiger partial charge in [-0.05, 0) is 49.2 Å². The number of hydrogen-bond acceptors (Lipinski definition) is 8. The number of hydrogen-bond donors (Lipinski definition) is 3. The summed E-state index contributed by atoms with van der Waals surface area (Å²) in [5, 5.41) is 9.76. The average Bonchev–Trinajstić information content (AvgIpc) is 3.27. The smallest absolute Gasteiger partial charge is 0.240 e. The Morgan fingerprint density at radius 3 is 2.61 bits per heavy atom. The molecule has 2 aromatic rings. The molecule has 0 fully saturated rings. The number of imidazole rings is 1. The first-order valence-electron chi connectivity index (χ1n) is 10.0. The maximum absolute atomic E-state index is 13.1. The number of nitrogens with zero attached hydrogens (tertiary/aromatic N) is 4. The van der Waals surface area contributed by atoms with Gasteiger partial charge in [0, 0.05) is 18.3 Å². The summed E-state index contributed by atoms with van der Waals surface area (Å²) < 4.78 is 1.87. The van der Waals surface area contributed by atoms with Crippen LogP contribution in [0.3, 0.4) is 0 Å². The predicted molar refractivity (Wildman–Crippen MR) is 116 cm³/mol. The standard InChI is InChI=1S/C21H25N7O3/c1-12(22)21(30)24-14-9-7-13(8-10-14)17(29)11-28-16-6-4-3-5-15(16)25-20(28)18-19(23)26-31-27(18)2/h5-10,12,18H,3-4,11,22H2,1-2H3,(H2,23,26)(H,24,30). The summed E-state index contributed by atoms with van der Waals surface area (Å²) in [4.78, 5) is 34.7. The van der Waals surface area contributed by atoms with Crippen molar-refractivity contribution in [2.45, 2.75) is 38.4 Å². The van der Waals surface area contributed by atoms with Crippen LogP contribution in [0.5, 0.6) is 0 Å². The Morgan fingerprint density at radius 2 is 1.97 bits per heavy atom. The highest BCUT2D eigenvalue weighted by molar-refractivity contribution is 5.98. The summed E-state index contributed by atoms with van der Waals surface area (Å²) in [5.74, 6) is 0.507. The third-order valence-electron chi connectivity index (χ3n) is 5.26. The number of benzene rings is 1. The number of ketones is 1. The molecule has 0 bridgehead atoms. The molecule has 0 saturated heterocycles. The third kappa shape index (κ3) is 4.07. The number of Topliss-reactive ketones (excluding diaryl/α,β-unsaturated/α-hetero) is 1. The van der Waals surface area contributed by atoms with Gasteiger partial charge in [0.25, 0.3) is 0 Å². The van der Waals surface area contributed by atoms with Gasteiger partial charge in [-0.3, -0.25) is 14.5 Å². The number of rotatable bonds is 6. The van der Waals surface area contributed by atoms with Crippen molar-refractivity contribution in [2.75, 3.05) is 12.4 Å². The molecule has 162 valence electrons. The monoisotopic (exact) mass is 423 g/mol. The van der Waals surface area contributed by atoms with Crippen molar-refractivity contribution in [3.8, 4) is 0 Å². The van der Waals surface area contributed by atoms with E-state index in [1.807, 2.05) is 4.57 Å². The topological polar surface area (TPSA) is 141 Å². The van der Waals surface area contributed by atoms with Crippen LogP contribution in [0.25, 0.3) is 12.2 Å². The Kier molecular flexibility index (Phi) is 5.57. The third-order valence-corrected chi connectivity index (χ3v) is 5.26. The van der Waals surface area contributed by atoms with E-state index in [0.29, 0.717) is 17.1 Å².